The lowest BCUT2D eigenvalue weighted by Crippen LogP contribution is -2.60. The Morgan fingerprint density at radius 1 is 1.11 bits per heavy atom. The van der Waals surface area contributed by atoms with Crippen LogP contribution in [0.15, 0.2) is 0 Å². The van der Waals surface area contributed by atoms with Crippen LogP contribution < -0.4 is 5.32 Å². The van der Waals surface area contributed by atoms with Gasteiger partial charge in [-0.3, -0.25) is 5.32 Å². The van der Waals surface area contributed by atoms with Crippen LogP contribution in [0.1, 0.15) is 52.4 Å². The predicted molar refractivity (Wildman–Crippen MR) is 63.5 cm³/mol. The molecular formula is C12H22F3NO2. The molecule has 1 atom stereocenters. The lowest BCUT2D eigenvalue weighted by Gasteiger charge is -2.28. The highest BCUT2D eigenvalue weighted by atomic mass is 19.4. The number of halogens is 3. The third-order valence-corrected chi connectivity index (χ3v) is 3.00. The van der Waals surface area contributed by atoms with Crippen LogP contribution in [0.3, 0.4) is 0 Å². The maximum atomic E-state index is 12.6. The zero-order valence-corrected chi connectivity index (χ0v) is 10.9. The average molecular weight is 269 g/mol. The first-order valence-electron chi connectivity index (χ1n) is 6.31. The molecule has 108 valence electrons. The van der Waals surface area contributed by atoms with Crippen LogP contribution in [0, 0.1) is 0 Å². The third kappa shape index (κ3) is 5.25. The summed E-state index contributed by atoms with van der Waals surface area (Å²) in [5.41, 5.74) is -2.85. The van der Waals surface area contributed by atoms with Gasteiger partial charge in [0.25, 0.3) is 0 Å². The fraction of sp³-hybridized carbons (Fsp3) is 0.917. The molecule has 0 saturated carbocycles. The van der Waals surface area contributed by atoms with Crippen molar-refractivity contribution in [2.24, 2.45) is 0 Å². The normalized spacial score (nSPS) is 15.4. The van der Waals surface area contributed by atoms with Gasteiger partial charge in [0.1, 0.15) is 0 Å². The van der Waals surface area contributed by atoms with Crippen LogP contribution in [0.25, 0.3) is 0 Å². The maximum Gasteiger partial charge on any atom is 0.417 e. The smallest absolute Gasteiger partial charge is 0.417 e. The molecule has 0 aromatic heterocycles. The van der Waals surface area contributed by atoms with Crippen molar-refractivity contribution in [3.8, 4) is 0 Å². The van der Waals surface area contributed by atoms with E-state index in [0.29, 0.717) is 13.3 Å². The Hall–Kier alpha value is -0.780. The number of alkyl halides is 3. The van der Waals surface area contributed by atoms with Crippen molar-refractivity contribution in [1.29, 1.82) is 0 Å². The molecule has 18 heavy (non-hydrogen) atoms. The summed E-state index contributed by atoms with van der Waals surface area (Å²) >= 11 is 0. The zero-order chi connectivity index (χ0) is 14.2. The largest absolute Gasteiger partial charge is 0.480 e. The molecule has 0 rings (SSSR count). The van der Waals surface area contributed by atoms with Gasteiger partial charge in [0, 0.05) is 0 Å². The molecule has 2 N–H and O–H groups in total. The number of aliphatic carboxylic acids is 1. The Morgan fingerprint density at radius 2 is 1.61 bits per heavy atom. The minimum absolute atomic E-state index is 0.0639. The Bertz CT molecular complexity index is 256. The SMILES string of the molecule is CCCCCCCCNC(C)(C(=O)O)C(F)(F)F. The Morgan fingerprint density at radius 3 is 2.06 bits per heavy atom. The molecule has 0 bridgehead atoms. The molecule has 0 aliphatic carbocycles. The molecule has 0 saturated heterocycles. The molecule has 0 amide bonds. The molecule has 1 unspecified atom stereocenters. The summed E-state index contributed by atoms with van der Waals surface area (Å²) in [6.07, 6.45) is 0.883. The standard InChI is InChI=1S/C12H22F3NO2/c1-3-4-5-6-7-8-9-16-11(2,10(17)18)12(13,14)15/h16H,3-9H2,1-2H3,(H,17,18). The second kappa shape index (κ2) is 7.61. The van der Waals surface area contributed by atoms with Gasteiger partial charge in [-0.2, -0.15) is 13.2 Å². The lowest BCUT2D eigenvalue weighted by molar-refractivity contribution is -0.205. The first kappa shape index (κ1) is 17.2. The van der Waals surface area contributed by atoms with Gasteiger partial charge in [-0.1, -0.05) is 39.0 Å². The quantitative estimate of drug-likeness (QED) is 0.631. The van der Waals surface area contributed by atoms with E-state index in [1.54, 1.807) is 0 Å². The Balaban J connectivity index is 3.97. The molecule has 0 aromatic rings. The molecular weight excluding hydrogens is 247 g/mol. The fourth-order valence-corrected chi connectivity index (χ4v) is 1.54. The lowest BCUT2D eigenvalue weighted by atomic mass is 10.0. The van der Waals surface area contributed by atoms with Crippen molar-refractivity contribution >= 4 is 5.97 Å². The third-order valence-electron chi connectivity index (χ3n) is 3.00. The predicted octanol–water partition coefficient (Wildman–Crippen LogP) is 3.34. The molecule has 0 fully saturated rings. The van der Waals surface area contributed by atoms with E-state index in [4.69, 9.17) is 5.11 Å². The van der Waals surface area contributed by atoms with Crippen molar-refractivity contribution in [1.82, 2.24) is 5.32 Å². The summed E-state index contributed by atoms with van der Waals surface area (Å²) in [6.45, 7) is 2.81. The zero-order valence-electron chi connectivity index (χ0n) is 10.9. The van der Waals surface area contributed by atoms with Crippen LogP contribution in [0.2, 0.25) is 0 Å². The van der Waals surface area contributed by atoms with Gasteiger partial charge in [0.15, 0.2) is 0 Å². The van der Waals surface area contributed by atoms with E-state index in [2.05, 4.69) is 12.2 Å². The Labute approximate surface area is 106 Å². The van der Waals surface area contributed by atoms with Crippen molar-refractivity contribution in [3.05, 3.63) is 0 Å². The molecule has 6 heteroatoms. The van der Waals surface area contributed by atoms with E-state index in [0.717, 1.165) is 32.1 Å². The molecule has 0 aliphatic rings. The number of hydrogen-bond acceptors (Lipinski definition) is 2. The summed E-state index contributed by atoms with van der Waals surface area (Å²) in [4.78, 5) is 10.7. The van der Waals surface area contributed by atoms with Crippen molar-refractivity contribution in [3.63, 3.8) is 0 Å². The van der Waals surface area contributed by atoms with Crippen molar-refractivity contribution in [2.45, 2.75) is 64.1 Å². The van der Waals surface area contributed by atoms with Gasteiger partial charge in [0.2, 0.25) is 5.54 Å². The van der Waals surface area contributed by atoms with E-state index in [1.807, 2.05) is 0 Å². The van der Waals surface area contributed by atoms with Crippen molar-refractivity contribution in [2.75, 3.05) is 6.54 Å². The second-order valence-electron chi connectivity index (χ2n) is 4.62. The number of carbonyl (C=O) groups is 1. The highest BCUT2D eigenvalue weighted by Gasteiger charge is 2.56. The summed E-state index contributed by atoms with van der Waals surface area (Å²) < 4.78 is 37.8. The van der Waals surface area contributed by atoms with Crippen molar-refractivity contribution < 1.29 is 23.1 Å². The number of carboxylic acid groups (broad SMARTS) is 1. The van der Waals surface area contributed by atoms with E-state index in [9.17, 15) is 18.0 Å². The molecule has 0 radical (unpaired) electrons. The van der Waals surface area contributed by atoms with Crippen LogP contribution in [0.4, 0.5) is 13.2 Å². The average Bonchev–Trinajstić information content (AvgIpc) is 2.25. The van der Waals surface area contributed by atoms with E-state index in [-0.39, 0.29) is 6.54 Å². The van der Waals surface area contributed by atoms with Crippen LogP contribution in [0.5, 0.6) is 0 Å². The van der Waals surface area contributed by atoms with E-state index >= 15 is 0 Å². The number of hydrogen-bond donors (Lipinski definition) is 2. The van der Waals surface area contributed by atoms with Gasteiger partial charge in [-0.05, 0) is 19.9 Å². The topological polar surface area (TPSA) is 49.3 Å². The van der Waals surface area contributed by atoms with Crippen LogP contribution in [-0.2, 0) is 4.79 Å². The molecule has 0 spiro atoms. The van der Waals surface area contributed by atoms with Crippen LogP contribution in [-0.4, -0.2) is 29.3 Å². The summed E-state index contributed by atoms with van der Waals surface area (Å²) in [6, 6.07) is 0. The number of carboxylic acids is 1. The highest BCUT2D eigenvalue weighted by molar-refractivity contribution is 5.79. The van der Waals surface area contributed by atoms with Gasteiger partial charge < -0.3 is 5.11 Å². The number of rotatable bonds is 9. The fourth-order valence-electron chi connectivity index (χ4n) is 1.54. The summed E-state index contributed by atoms with van der Waals surface area (Å²) in [5.74, 6) is -1.89. The molecule has 0 aromatic carbocycles. The molecule has 0 aliphatic heterocycles. The van der Waals surface area contributed by atoms with Crippen LogP contribution >= 0.6 is 0 Å². The van der Waals surface area contributed by atoms with E-state index < -0.39 is 17.7 Å². The summed E-state index contributed by atoms with van der Waals surface area (Å²) in [7, 11) is 0. The van der Waals surface area contributed by atoms with Gasteiger partial charge in [-0.15, -0.1) is 0 Å². The highest BCUT2D eigenvalue weighted by Crippen LogP contribution is 2.30. The van der Waals surface area contributed by atoms with Gasteiger partial charge in [-0.25, -0.2) is 4.79 Å². The van der Waals surface area contributed by atoms with Gasteiger partial charge in [0.05, 0.1) is 0 Å². The Kier molecular flexibility index (Phi) is 7.28. The minimum atomic E-state index is -4.79. The minimum Gasteiger partial charge on any atom is -0.480 e. The maximum absolute atomic E-state index is 12.6. The molecule has 3 nitrogen and oxygen atoms in total. The van der Waals surface area contributed by atoms with Gasteiger partial charge >= 0.3 is 12.1 Å². The number of nitrogens with one attached hydrogen (secondary N) is 1. The second-order valence-corrected chi connectivity index (χ2v) is 4.62. The first-order valence-corrected chi connectivity index (χ1v) is 6.31. The monoisotopic (exact) mass is 269 g/mol. The summed E-state index contributed by atoms with van der Waals surface area (Å²) in [5, 5.41) is 10.8. The first-order chi connectivity index (χ1) is 8.25. The number of unbranched alkanes of at least 4 members (excludes halogenated alkanes) is 5. The van der Waals surface area contributed by atoms with E-state index in [1.165, 1.54) is 0 Å². The molecule has 0 heterocycles.